The molecule has 433 valence electrons. The van der Waals surface area contributed by atoms with E-state index in [0.29, 0.717) is 11.4 Å². The number of aliphatic hydroxyl groups is 12. The molecule has 76 heavy (non-hydrogen) atoms. The number of nitrogens with one attached hydrogen (secondary N) is 3. The van der Waals surface area contributed by atoms with Crippen LogP contribution in [0.4, 0.5) is 14.4 Å². The monoisotopic (exact) mass is 1140 g/mol. The number of carbonyl (C=O) groups excluding carboxylic acids is 3. The molecule has 1 radical (unpaired) electrons. The van der Waals surface area contributed by atoms with Crippen molar-refractivity contribution in [3.8, 4) is 0 Å². The van der Waals surface area contributed by atoms with Crippen LogP contribution in [0.3, 0.4) is 0 Å². The molecule has 0 saturated carbocycles. The summed E-state index contributed by atoms with van der Waals surface area (Å²) in [5.41, 5.74) is 0.788. The summed E-state index contributed by atoms with van der Waals surface area (Å²) in [7, 11) is 0. The smallest absolute Gasteiger partial charge is 0.407 e. The van der Waals surface area contributed by atoms with E-state index >= 15 is 0 Å². The summed E-state index contributed by atoms with van der Waals surface area (Å²) in [5, 5.41) is 147. The number of carboxylic acid groups (broad SMARTS) is 2. The molecule has 32 nitrogen and oxygen atoms in total. The average Bonchev–Trinajstić information content (AvgIpc) is 3.37. The second-order valence-electron chi connectivity index (χ2n) is 18.2. The quantitative estimate of drug-likeness (QED) is 0.0327. The number of carbonyl (C=O) groups is 5. The molecule has 17 atom stereocenters. The maximum absolute atomic E-state index is 12.9. The second-order valence-corrected chi connectivity index (χ2v) is 18.2. The van der Waals surface area contributed by atoms with Crippen LogP contribution in [0.25, 0.3) is 0 Å². The summed E-state index contributed by atoms with van der Waals surface area (Å²) in [6.45, 7) is -1.84. The normalized spacial score (nSPS) is 32.7. The molecule has 4 aliphatic rings. The Hall–Kier alpha value is -4.30. The SMILES string of the molecule is O=C(NCCCN1CCN(C(CCNC(=O)OC[C@H]2OC(O)[C@H](O)[C@@H](O)[C@@H]2O)C(=O)O)Cc2cccc(n2)CN(C(CCNC(=O)OC[C@H]2OC(O)[C@H](O)[C@@H](O)[C@@H]2O)C(=O)O)CC1)OC[C@H]1OC(O)[C@H](O)[C@@H](O)[C@@H]1O.[Mn]. The molecular formula is C43H69MnN7O25. The van der Waals surface area contributed by atoms with Crippen LogP contribution in [0, 0.1) is 0 Å². The zero-order chi connectivity index (χ0) is 55.1. The van der Waals surface area contributed by atoms with Crippen molar-refractivity contribution in [3.05, 3.63) is 29.6 Å². The Kier molecular flexibility index (Phi) is 26.0. The minimum absolute atomic E-state index is 0. The summed E-state index contributed by atoms with van der Waals surface area (Å²) in [6, 6.07) is 2.44. The predicted octanol–water partition coefficient (Wildman–Crippen LogP) is -8.35. The van der Waals surface area contributed by atoms with E-state index in [1.165, 1.54) is 0 Å². The van der Waals surface area contributed by atoms with Gasteiger partial charge in [0.1, 0.15) is 105 Å². The van der Waals surface area contributed by atoms with E-state index in [2.05, 4.69) is 16.0 Å². The van der Waals surface area contributed by atoms with E-state index < -0.39 is 154 Å². The fourth-order valence-corrected chi connectivity index (χ4v) is 8.56. The number of carboxylic acids is 2. The Morgan fingerprint density at radius 2 is 0.868 bits per heavy atom. The number of aliphatic carboxylic acids is 2. The number of amides is 3. The van der Waals surface area contributed by atoms with Crippen molar-refractivity contribution < 1.29 is 141 Å². The van der Waals surface area contributed by atoms with Gasteiger partial charge in [-0.1, -0.05) is 6.07 Å². The van der Waals surface area contributed by atoms with Crippen molar-refractivity contribution in [2.45, 2.75) is 137 Å². The van der Waals surface area contributed by atoms with Crippen LogP contribution in [0.15, 0.2) is 18.2 Å². The maximum Gasteiger partial charge on any atom is 0.407 e. The van der Waals surface area contributed by atoms with Gasteiger partial charge >= 0.3 is 30.2 Å². The molecule has 5 rings (SSSR count). The molecule has 17 N–H and O–H groups in total. The number of nitrogens with zero attached hydrogens (tertiary/aromatic N) is 4. The number of aromatic nitrogens is 1. The van der Waals surface area contributed by atoms with Gasteiger partial charge in [0.2, 0.25) is 0 Å². The van der Waals surface area contributed by atoms with Crippen LogP contribution in [-0.4, -0.2) is 298 Å². The zero-order valence-electron chi connectivity index (χ0n) is 40.8. The fourth-order valence-electron chi connectivity index (χ4n) is 8.56. The van der Waals surface area contributed by atoms with Crippen molar-refractivity contribution in [1.82, 2.24) is 35.6 Å². The Labute approximate surface area is 444 Å². The Morgan fingerprint density at radius 1 is 0.526 bits per heavy atom. The van der Waals surface area contributed by atoms with Crippen molar-refractivity contribution in [1.29, 1.82) is 0 Å². The van der Waals surface area contributed by atoms with E-state index in [1.807, 2.05) is 4.90 Å². The van der Waals surface area contributed by atoms with E-state index in [0.717, 1.165) is 0 Å². The Balaban J connectivity index is 0.0000125. The minimum atomic E-state index is -1.87. The van der Waals surface area contributed by atoms with Crippen LogP contribution >= 0.6 is 0 Å². The maximum atomic E-state index is 12.9. The van der Waals surface area contributed by atoms with Gasteiger partial charge in [0.25, 0.3) is 0 Å². The minimum Gasteiger partial charge on any atom is -0.480 e. The van der Waals surface area contributed by atoms with E-state index in [1.54, 1.807) is 28.0 Å². The van der Waals surface area contributed by atoms with Crippen LogP contribution in [0.2, 0.25) is 0 Å². The predicted molar refractivity (Wildman–Crippen MR) is 243 cm³/mol. The van der Waals surface area contributed by atoms with Crippen molar-refractivity contribution in [2.24, 2.45) is 0 Å². The Bertz CT molecular complexity index is 1910. The van der Waals surface area contributed by atoms with Gasteiger partial charge in [0, 0.05) is 76.0 Å². The van der Waals surface area contributed by atoms with Gasteiger partial charge in [-0.05, 0) is 37.9 Å². The first-order chi connectivity index (χ1) is 35.6. The molecule has 33 heteroatoms. The van der Waals surface area contributed by atoms with Crippen molar-refractivity contribution >= 4 is 30.2 Å². The van der Waals surface area contributed by atoms with Gasteiger partial charge in [0.05, 0.1) is 11.4 Å². The first-order valence-electron chi connectivity index (χ1n) is 24.0. The average molecular weight is 1140 g/mol. The zero-order valence-corrected chi connectivity index (χ0v) is 42.0. The number of aliphatic hydroxyl groups excluding tert-OH is 12. The van der Waals surface area contributed by atoms with Crippen LogP contribution in [0.1, 0.15) is 30.7 Å². The molecule has 5 unspecified atom stereocenters. The number of hydrogen-bond donors (Lipinski definition) is 17. The van der Waals surface area contributed by atoms with Gasteiger partial charge in [-0.2, -0.15) is 0 Å². The number of hydrogen-bond acceptors (Lipinski definition) is 27. The van der Waals surface area contributed by atoms with Gasteiger partial charge in [-0.3, -0.25) is 24.4 Å². The summed E-state index contributed by atoms with van der Waals surface area (Å²) in [4.78, 5) is 73.4. The van der Waals surface area contributed by atoms with Gasteiger partial charge in [0.15, 0.2) is 18.9 Å². The van der Waals surface area contributed by atoms with Crippen molar-refractivity contribution in [3.63, 3.8) is 0 Å². The third kappa shape index (κ3) is 18.4. The van der Waals surface area contributed by atoms with Gasteiger partial charge in [-0.15, -0.1) is 0 Å². The summed E-state index contributed by atoms with van der Waals surface area (Å²) >= 11 is 0. The molecule has 2 bridgehead atoms. The molecule has 3 saturated heterocycles. The number of rotatable bonds is 20. The number of alkyl carbamates (subject to hydrolysis) is 3. The molecule has 3 amide bonds. The Morgan fingerprint density at radius 3 is 1.21 bits per heavy atom. The van der Waals surface area contributed by atoms with Gasteiger partial charge < -0.3 is 121 Å². The van der Waals surface area contributed by atoms with Crippen molar-refractivity contribution in [2.75, 3.05) is 72.2 Å². The summed E-state index contributed by atoms with van der Waals surface area (Å²) < 4.78 is 30.2. The first-order valence-corrected chi connectivity index (χ1v) is 24.0. The summed E-state index contributed by atoms with van der Waals surface area (Å²) in [5.74, 6) is -2.53. The number of pyridine rings is 1. The molecule has 0 aromatic carbocycles. The second kappa shape index (κ2) is 30.7. The topological polar surface area (TPSA) is 483 Å². The third-order valence-corrected chi connectivity index (χ3v) is 12.9. The van der Waals surface area contributed by atoms with Crippen LogP contribution in [0.5, 0.6) is 0 Å². The fraction of sp³-hybridized carbons (Fsp3) is 0.767. The summed E-state index contributed by atoms with van der Waals surface area (Å²) in [6.07, 6.45) is -28.8. The molecule has 4 aliphatic heterocycles. The molecule has 0 spiro atoms. The van der Waals surface area contributed by atoms with Gasteiger partial charge in [-0.25, -0.2) is 14.4 Å². The van der Waals surface area contributed by atoms with E-state index in [4.69, 9.17) is 33.4 Å². The third-order valence-electron chi connectivity index (χ3n) is 12.9. The molecular weight excluding hydrogens is 1070 g/mol. The number of fused-ring (bicyclic) bond motifs is 2. The molecule has 1 aromatic heterocycles. The largest absolute Gasteiger partial charge is 0.480 e. The first kappa shape index (κ1) is 64.2. The van der Waals surface area contributed by atoms with Crippen LogP contribution < -0.4 is 16.0 Å². The number of ether oxygens (including phenoxy) is 6. The molecule has 3 fully saturated rings. The van der Waals surface area contributed by atoms with E-state index in [-0.39, 0.29) is 102 Å². The van der Waals surface area contributed by atoms with Crippen LogP contribution in [-0.2, 0) is 68.2 Å². The molecule has 5 heterocycles. The standard InChI is InChI=1S/C43H69N7O25.Mn/c51-27-24(73-38(64)33(57)30(27)54)17-70-41(67)44-7-2-10-48-11-13-49(22(36(60)61)5-8-45-42(68)71-18-25-28(52)31(55)34(58)39(65)74-25)15-20-3-1-4-21(47-20)16-50(14-12-48)23(37(62)63)6-9-46-43(69)72-19-26-29(53)32(56)35(59)40(66)75-26;/h1,3-4,22-35,38-40,51-59,64-66H,2,5-19H2,(H,44,67)(H,45,68)(H,46,69)(H,60,61)(H,62,63);/t22?,23?,24-,25-,26-,27-,28-,29-,30+,31+,32+,33-,34-,35-,38?,39?,40?;/m1./s1. The van der Waals surface area contributed by atoms with E-state index in [9.17, 15) is 95.5 Å². The molecule has 1 aromatic rings. The molecule has 0 aliphatic carbocycles.